The fraction of sp³-hybridized carbons (Fsp3) is 0.278. The fourth-order valence-corrected chi connectivity index (χ4v) is 3.48. The Kier molecular flexibility index (Phi) is 6.08. The number of anilines is 1. The van der Waals surface area contributed by atoms with Gasteiger partial charge >= 0.3 is 0 Å². The number of thioether (sulfide) groups is 1. The molecule has 0 spiro atoms. The van der Waals surface area contributed by atoms with E-state index in [0.29, 0.717) is 29.3 Å². The molecule has 8 heteroatoms. The van der Waals surface area contributed by atoms with E-state index in [9.17, 15) is 9.59 Å². The molecule has 1 fully saturated rings. The molecule has 136 valence electrons. The maximum Gasteiger partial charge on any atom is 0.248 e. The summed E-state index contributed by atoms with van der Waals surface area (Å²) in [5, 5.41) is 6.17. The molecule has 1 aliphatic rings. The summed E-state index contributed by atoms with van der Waals surface area (Å²) in [4.78, 5) is 27.5. The molecular weight excluding hydrogens is 352 g/mol. The molecule has 0 saturated carbocycles. The van der Waals surface area contributed by atoms with Crippen LogP contribution in [-0.4, -0.2) is 40.9 Å². The summed E-state index contributed by atoms with van der Waals surface area (Å²) in [6, 6.07) is 10.1. The minimum atomic E-state index is -0.521. The predicted octanol–water partition coefficient (Wildman–Crippen LogP) is 2.01. The van der Waals surface area contributed by atoms with Crippen molar-refractivity contribution in [3.8, 4) is 11.6 Å². The molecule has 4 N–H and O–H groups in total. The van der Waals surface area contributed by atoms with Crippen LogP contribution in [0.15, 0.2) is 42.6 Å². The first kappa shape index (κ1) is 18.2. The number of ether oxygens (including phenoxy) is 1. The van der Waals surface area contributed by atoms with Gasteiger partial charge in [0.05, 0.1) is 11.9 Å². The fourth-order valence-electron chi connectivity index (χ4n) is 2.53. The number of carbonyl (C=O) groups is 2. The van der Waals surface area contributed by atoms with Crippen LogP contribution in [0.1, 0.15) is 16.8 Å². The SMILES string of the molecule is NC(=O)c1cccc(Oc2ccc(NC(=O)CC3CSCCN3)cn2)c1. The van der Waals surface area contributed by atoms with Gasteiger partial charge in [0, 0.05) is 42.1 Å². The quantitative estimate of drug-likeness (QED) is 0.716. The van der Waals surface area contributed by atoms with Crippen molar-refractivity contribution in [3.05, 3.63) is 48.2 Å². The van der Waals surface area contributed by atoms with Crippen LogP contribution in [0.2, 0.25) is 0 Å². The van der Waals surface area contributed by atoms with Crippen molar-refractivity contribution in [1.82, 2.24) is 10.3 Å². The zero-order valence-corrected chi connectivity index (χ0v) is 14.9. The van der Waals surface area contributed by atoms with Gasteiger partial charge in [-0.05, 0) is 24.3 Å². The molecule has 26 heavy (non-hydrogen) atoms. The first-order valence-corrected chi connectivity index (χ1v) is 9.40. The van der Waals surface area contributed by atoms with Gasteiger partial charge in [0.1, 0.15) is 5.75 Å². The molecule has 0 radical (unpaired) electrons. The van der Waals surface area contributed by atoms with Crippen LogP contribution in [0.3, 0.4) is 0 Å². The maximum atomic E-state index is 12.1. The molecule has 7 nitrogen and oxygen atoms in total. The summed E-state index contributed by atoms with van der Waals surface area (Å²) in [5.41, 5.74) is 6.22. The van der Waals surface area contributed by atoms with E-state index in [1.807, 2.05) is 11.8 Å². The van der Waals surface area contributed by atoms with Gasteiger partial charge in [0.2, 0.25) is 17.7 Å². The molecule has 1 aliphatic heterocycles. The summed E-state index contributed by atoms with van der Waals surface area (Å²) in [7, 11) is 0. The molecule has 2 heterocycles. The van der Waals surface area contributed by atoms with Crippen LogP contribution in [0.4, 0.5) is 5.69 Å². The highest BCUT2D eigenvalue weighted by Crippen LogP contribution is 2.21. The zero-order chi connectivity index (χ0) is 18.4. The van der Waals surface area contributed by atoms with Crippen molar-refractivity contribution in [2.24, 2.45) is 5.73 Å². The molecule has 3 rings (SSSR count). The minimum absolute atomic E-state index is 0.0466. The number of primary amides is 1. The Morgan fingerprint density at radius 1 is 1.35 bits per heavy atom. The first-order chi connectivity index (χ1) is 12.6. The van der Waals surface area contributed by atoms with Crippen LogP contribution >= 0.6 is 11.8 Å². The van der Waals surface area contributed by atoms with E-state index in [2.05, 4.69) is 15.6 Å². The van der Waals surface area contributed by atoms with Gasteiger partial charge in [-0.3, -0.25) is 9.59 Å². The van der Waals surface area contributed by atoms with Crippen LogP contribution in [0.25, 0.3) is 0 Å². The number of pyridine rings is 1. The van der Waals surface area contributed by atoms with Crippen molar-refractivity contribution in [1.29, 1.82) is 0 Å². The number of benzene rings is 1. The van der Waals surface area contributed by atoms with E-state index in [1.54, 1.807) is 36.4 Å². The summed E-state index contributed by atoms with van der Waals surface area (Å²) in [6.07, 6.45) is 1.97. The van der Waals surface area contributed by atoms with Gasteiger partial charge in [-0.25, -0.2) is 4.98 Å². The van der Waals surface area contributed by atoms with Gasteiger partial charge in [-0.15, -0.1) is 0 Å². The van der Waals surface area contributed by atoms with Crippen LogP contribution < -0.4 is 21.1 Å². The number of nitrogens with two attached hydrogens (primary N) is 1. The van der Waals surface area contributed by atoms with Crippen molar-refractivity contribution < 1.29 is 14.3 Å². The smallest absolute Gasteiger partial charge is 0.248 e. The second kappa shape index (κ2) is 8.68. The highest BCUT2D eigenvalue weighted by atomic mass is 32.2. The minimum Gasteiger partial charge on any atom is -0.439 e. The molecule has 0 bridgehead atoms. The van der Waals surface area contributed by atoms with Crippen LogP contribution in [0.5, 0.6) is 11.6 Å². The lowest BCUT2D eigenvalue weighted by Gasteiger charge is -2.22. The largest absolute Gasteiger partial charge is 0.439 e. The lowest BCUT2D eigenvalue weighted by molar-refractivity contribution is -0.116. The van der Waals surface area contributed by atoms with Crippen molar-refractivity contribution in [3.63, 3.8) is 0 Å². The molecule has 1 aromatic carbocycles. The highest BCUT2D eigenvalue weighted by molar-refractivity contribution is 7.99. The Bertz CT molecular complexity index is 776. The molecule has 1 atom stereocenters. The average molecular weight is 372 g/mol. The number of aromatic nitrogens is 1. The zero-order valence-electron chi connectivity index (χ0n) is 14.1. The molecule has 2 aromatic rings. The average Bonchev–Trinajstić information content (AvgIpc) is 2.64. The summed E-state index contributed by atoms with van der Waals surface area (Å²) < 4.78 is 5.61. The van der Waals surface area contributed by atoms with E-state index in [4.69, 9.17) is 10.5 Å². The topological polar surface area (TPSA) is 106 Å². The molecule has 1 unspecified atom stereocenters. The number of carbonyl (C=O) groups excluding carboxylic acids is 2. The first-order valence-electron chi connectivity index (χ1n) is 8.25. The Morgan fingerprint density at radius 3 is 2.92 bits per heavy atom. The van der Waals surface area contributed by atoms with Crippen LogP contribution in [-0.2, 0) is 4.79 Å². The third-order valence-corrected chi connectivity index (χ3v) is 4.92. The van der Waals surface area contributed by atoms with E-state index >= 15 is 0 Å². The molecule has 0 aliphatic carbocycles. The predicted molar refractivity (Wildman–Crippen MR) is 102 cm³/mol. The van der Waals surface area contributed by atoms with Crippen LogP contribution in [0, 0.1) is 0 Å². The summed E-state index contributed by atoms with van der Waals surface area (Å²) in [5.74, 6) is 2.29. The van der Waals surface area contributed by atoms with E-state index < -0.39 is 5.91 Å². The standard InChI is InChI=1S/C18H20N4O3S/c19-18(24)12-2-1-3-15(8-12)25-17-5-4-13(10-21-17)22-16(23)9-14-11-26-7-6-20-14/h1-5,8,10,14,20H,6-7,9,11H2,(H2,19,24)(H,22,23). The normalized spacial score (nSPS) is 16.7. The second-order valence-corrected chi connectivity index (χ2v) is 7.01. The van der Waals surface area contributed by atoms with Crippen molar-refractivity contribution in [2.45, 2.75) is 12.5 Å². The third-order valence-electron chi connectivity index (χ3n) is 3.79. The van der Waals surface area contributed by atoms with Gasteiger partial charge in [0.25, 0.3) is 0 Å². The molecule has 1 saturated heterocycles. The monoisotopic (exact) mass is 372 g/mol. The maximum absolute atomic E-state index is 12.1. The molecular formula is C18H20N4O3S. The number of amides is 2. The van der Waals surface area contributed by atoms with Gasteiger partial charge in [0.15, 0.2) is 0 Å². The highest BCUT2D eigenvalue weighted by Gasteiger charge is 2.16. The number of nitrogens with zero attached hydrogens (tertiary/aromatic N) is 1. The third kappa shape index (κ3) is 5.21. The Labute approximate surface area is 155 Å². The Morgan fingerprint density at radius 2 is 2.23 bits per heavy atom. The van der Waals surface area contributed by atoms with Gasteiger partial charge < -0.3 is 21.1 Å². The second-order valence-electron chi connectivity index (χ2n) is 5.86. The van der Waals surface area contributed by atoms with E-state index in [0.717, 1.165) is 18.1 Å². The Balaban J connectivity index is 1.55. The molecule has 1 aromatic heterocycles. The lowest BCUT2D eigenvalue weighted by Crippen LogP contribution is -2.39. The summed E-state index contributed by atoms with van der Waals surface area (Å²) >= 11 is 1.86. The lowest BCUT2D eigenvalue weighted by atomic mass is 10.2. The Hall–Kier alpha value is -2.58. The van der Waals surface area contributed by atoms with Crippen molar-refractivity contribution >= 4 is 29.3 Å². The van der Waals surface area contributed by atoms with Gasteiger partial charge in [-0.1, -0.05) is 6.07 Å². The number of hydrogen-bond donors (Lipinski definition) is 3. The van der Waals surface area contributed by atoms with Crippen molar-refractivity contribution in [2.75, 3.05) is 23.4 Å². The molecule has 2 amide bonds. The number of hydrogen-bond acceptors (Lipinski definition) is 6. The van der Waals surface area contributed by atoms with E-state index in [-0.39, 0.29) is 11.9 Å². The van der Waals surface area contributed by atoms with Gasteiger partial charge in [-0.2, -0.15) is 11.8 Å². The summed E-state index contributed by atoms with van der Waals surface area (Å²) in [6.45, 7) is 0.938. The number of rotatable bonds is 6. The number of nitrogens with one attached hydrogen (secondary N) is 2. The van der Waals surface area contributed by atoms with E-state index in [1.165, 1.54) is 6.20 Å².